The number of methoxy groups -OCH3 is 1. The number of hydrogen-bond donors (Lipinski definition) is 1. The fourth-order valence-corrected chi connectivity index (χ4v) is 1.97. The first-order chi connectivity index (χ1) is 8.45. The molecule has 1 aliphatic rings. The van der Waals surface area contributed by atoms with Crippen LogP contribution in [0.3, 0.4) is 0 Å². The van der Waals surface area contributed by atoms with Gasteiger partial charge in [-0.15, -0.1) is 0 Å². The molecule has 1 N–H and O–H groups in total. The zero-order chi connectivity index (χ0) is 13.3. The van der Waals surface area contributed by atoms with E-state index in [4.69, 9.17) is 4.74 Å². The van der Waals surface area contributed by atoms with Crippen LogP contribution >= 0.6 is 0 Å². The zero-order valence-corrected chi connectivity index (χ0v) is 10.7. The highest BCUT2D eigenvalue weighted by Gasteiger charge is 2.44. The Labute approximate surface area is 106 Å². The predicted molar refractivity (Wildman–Crippen MR) is 66.2 cm³/mol. The van der Waals surface area contributed by atoms with Crippen LogP contribution in [-0.2, 0) is 11.3 Å². The van der Waals surface area contributed by atoms with Gasteiger partial charge in [0, 0.05) is 5.56 Å². The minimum absolute atomic E-state index is 0.220. The molecule has 96 valence electrons. The number of rotatable bonds is 3. The number of carbonyl (C=O) groups is 2. The molecular weight excluding hydrogens is 232 g/mol. The summed E-state index contributed by atoms with van der Waals surface area (Å²) < 4.78 is 5.21. The second kappa shape index (κ2) is 4.33. The van der Waals surface area contributed by atoms with Crippen LogP contribution in [-0.4, -0.2) is 29.5 Å². The lowest BCUT2D eigenvalue weighted by molar-refractivity contribution is -0.130. The number of nitrogens with one attached hydrogen (secondary N) is 1. The summed E-state index contributed by atoms with van der Waals surface area (Å²) in [4.78, 5) is 25.0. The first-order valence-electron chi connectivity index (χ1n) is 5.71. The topological polar surface area (TPSA) is 58.6 Å². The van der Waals surface area contributed by atoms with Gasteiger partial charge >= 0.3 is 6.03 Å². The Morgan fingerprint density at radius 2 is 1.94 bits per heavy atom. The number of ether oxygens (including phenoxy) is 1. The van der Waals surface area contributed by atoms with E-state index < -0.39 is 5.54 Å². The van der Waals surface area contributed by atoms with Gasteiger partial charge < -0.3 is 10.1 Å². The van der Waals surface area contributed by atoms with Crippen molar-refractivity contribution < 1.29 is 14.3 Å². The van der Waals surface area contributed by atoms with Crippen LogP contribution < -0.4 is 10.1 Å². The van der Waals surface area contributed by atoms with Crippen molar-refractivity contribution in [2.45, 2.75) is 25.9 Å². The van der Waals surface area contributed by atoms with Gasteiger partial charge in [-0.2, -0.15) is 0 Å². The predicted octanol–water partition coefficient (Wildman–Crippen LogP) is 1.53. The number of carbonyl (C=O) groups excluding carboxylic acids is 2. The maximum atomic E-state index is 12.0. The van der Waals surface area contributed by atoms with Gasteiger partial charge in [-0.1, -0.05) is 18.2 Å². The van der Waals surface area contributed by atoms with E-state index in [-0.39, 0.29) is 18.5 Å². The van der Waals surface area contributed by atoms with Crippen LogP contribution in [0.5, 0.6) is 5.75 Å². The SMILES string of the molecule is COc1ccccc1CN1C(=O)NC(C)(C)C1=O. The standard InChI is InChI=1S/C13H16N2O3/c1-13(2)11(16)15(12(17)14-13)8-9-6-4-5-7-10(9)18-3/h4-7H,8H2,1-3H3,(H,14,17). The Morgan fingerprint density at radius 1 is 1.28 bits per heavy atom. The molecule has 0 saturated carbocycles. The van der Waals surface area contributed by atoms with Gasteiger partial charge in [0.1, 0.15) is 11.3 Å². The Kier molecular flexibility index (Phi) is 2.98. The van der Waals surface area contributed by atoms with Gasteiger partial charge in [0.2, 0.25) is 0 Å². The van der Waals surface area contributed by atoms with Crippen molar-refractivity contribution in [1.82, 2.24) is 10.2 Å². The number of urea groups is 1. The lowest BCUT2D eigenvalue weighted by Gasteiger charge is -2.17. The summed E-state index contributed by atoms with van der Waals surface area (Å²) in [6, 6.07) is 6.97. The molecule has 0 spiro atoms. The summed E-state index contributed by atoms with van der Waals surface area (Å²) in [5, 5.41) is 2.65. The van der Waals surface area contributed by atoms with E-state index in [1.807, 2.05) is 18.2 Å². The van der Waals surface area contributed by atoms with E-state index in [9.17, 15) is 9.59 Å². The minimum atomic E-state index is -0.834. The third-order valence-electron chi connectivity index (χ3n) is 2.97. The number of benzene rings is 1. The van der Waals surface area contributed by atoms with E-state index in [0.29, 0.717) is 5.75 Å². The summed E-state index contributed by atoms with van der Waals surface area (Å²) >= 11 is 0. The summed E-state index contributed by atoms with van der Waals surface area (Å²) in [6.07, 6.45) is 0. The molecule has 3 amide bonds. The third kappa shape index (κ3) is 2.03. The maximum Gasteiger partial charge on any atom is 0.325 e. The highest BCUT2D eigenvalue weighted by molar-refractivity contribution is 6.06. The molecule has 1 heterocycles. The first kappa shape index (κ1) is 12.4. The van der Waals surface area contributed by atoms with Crippen LogP contribution in [0.2, 0.25) is 0 Å². The second-order valence-corrected chi connectivity index (χ2v) is 4.76. The van der Waals surface area contributed by atoms with Crippen molar-refractivity contribution in [3.63, 3.8) is 0 Å². The van der Waals surface area contributed by atoms with Crippen LogP contribution in [0.4, 0.5) is 4.79 Å². The van der Waals surface area contributed by atoms with Crippen molar-refractivity contribution in [3.8, 4) is 5.75 Å². The third-order valence-corrected chi connectivity index (χ3v) is 2.97. The van der Waals surface area contributed by atoms with E-state index >= 15 is 0 Å². The average Bonchev–Trinajstić information content (AvgIpc) is 2.52. The number of hydrogen-bond acceptors (Lipinski definition) is 3. The molecule has 5 heteroatoms. The molecule has 0 radical (unpaired) electrons. The van der Waals surface area contributed by atoms with Gasteiger partial charge in [0.05, 0.1) is 13.7 Å². The normalized spacial score (nSPS) is 17.8. The molecule has 1 fully saturated rings. The smallest absolute Gasteiger partial charge is 0.325 e. The summed E-state index contributed by atoms with van der Waals surface area (Å²) in [5.74, 6) is 0.446. The van der Waals surface area contributed by atoms with Crippen LogP contribution in [0.15, 0.2) is 24.3 Å². The van der Waals surface area contributed by atoms with Gasteiger partial charge in [0.25, 0.3) is 5.91 Å². The molecule has 0 atom stereocenters. The fraction of sp³-hybridized carbons (Fsp3) is 0.385. The first-order valence-corrected chi connectivity index (χ1v) is 5.71. The second-order valence-electron chi connectivity index (χ2n) is 4.76. The monoisotopic (exact) mass is 248 g/mol. The number of para-hydroxylation sites is 1. The highest BCUT2D eigenvalue weighted by atomic mass is 16.5. The molecule has 0 unspecified atom stereocenters. The van der Waals surface area contributed by atoms with Gasteiger partial charge in [0.15, 0.2) is 0 Å². The van der Waals surface area contributed by atoms with Crippen molar-refractivity contribution >= 4 is 11.9 Å². The molecule has 0 bridgehead atoms. The van der Waals surface area contributed by atoms with E-state index in [1.165, 1.54) is 4.90 Å². The summed E-state index contributed by atoms with van der Waals surface area (Å²) in [7, 11) is 1.56. The van der Waals surface area contributed by atoms with Crippen LogP contribution in [0, 0.1) is 0 Å². The Balaban J connectivity index is 2.24. The van der Waals surface area contributed by atoms with Crippen LogP contribution in [0.25, 0.3) is 0 Å². The van der Waals surface area contributed by atoms with Gasteiger partial charge in [-0.25, -0.2) is 4.79 Å². The molecule has 1 aromatic carbocycles. The Morgan fingerprint density at radius 3 is 2.50 bits per heavy atom. The van der Waals surface area contributed by atoms with Crippen molar-refractivity contribution in [1.29, 1.82) is 0 Å². The van der Waals surface area contributed by atoms with Crippen molar-refractivity contribution in [3.05, 3.63) is 29.8 Å². The molecule has 1 saturated heterocycles. The molecule has 1 aromatic rings. The largest absolute Gasteiger partial charge is 0.496 e. The van der Waals surface area contributed by atoms with Gasteiger partial charge in [-0.3, -0.25) is 9.69 Å². The van der Waals surface area contributed by atoms with Crippen molar-refractivity contribution in [2.24, 2.45) is 0 Å². The lowest BCUT2D eigenvalue weighted by Crippen LogP contribution is -2.40. The van der Waals surface area contributed by atoms with E-state index in [0.717, 1.165) is 5.56 Å². The molecule has 0 aromatic heterocycles. The van der Waals surface area contributed by atoms with E-state index in [1.54, 1.807) is 27.0 Å². The minimum Gasteiger partial charge on any atom is -0.496 e. The Bertz CT molecular complexity index is 497. The summed E-state index contributed by atoms with van der Waals surface area (Å²) in [5.41, 5.74) is -0.0276. The molecule has 1 aliphatic heterocycles. The number of amides is 3. The fourth-order valence-electron chi connectivity index (χ4n) is 1.97. The molecule has 2 rings (SSSR count). The van der Waals surface area contributed by atoms with Crippen molar-refractivity contribution in [2.75, 3.05) is 7.11 Å². The lowest BCUT2D eigenvalue weighted by atomic mass is 10.1. The highest BCUT2D eigenvalue weighted by Crippen LogP contribution is 2.23. The molecule has 5 nitrogen and oxygen atoms in total. The quantitative estimate of drug-likeness (QED) is 0.825. The average molecular weight is 248 g/mol. The zero-order valence-electron chi connectivity index (χ0n) is 10.7. The molecule has 18 heavy (non-hydrogen) atoms. The molecule has 0 aliphatic carbocycles. The molecular formula is C13H16N2O3. The maximum absolute atomic E-state index is 12.0. The summed E-state index contributed by atoms with van der Waals surface area (Å²) in [6.45, 7) is 3.60. The Hall–Kier alpha value is -2.04. The number of nitrogens with zero attached hydrogens (tertiary/aromatic N) is 1. The number of imide groups is 1. The van der Waals surface area contributed by atoms with Crippen LogP contribution in [0.1, 0.15) is 19.4 Å². The van der Waals surface area contributed by atoms with E-state index in [2.05, 4.69) is 5.32 Å². The van der Waals surface area contributed by atoms with Gasteiger partial charge in [-0.05, 0) is 19.9 Å².